The second kappa shape index (κ2) is 9.20. The van der Waals surface area contributed by atoms with Gasteiger partial charge >= 0.3 is 0 Å². The van der Waals surface area contributed by atoms with Crippen LogP contribution in [-0.2, 0) is 6.54 Å². The van der Waals surface area contributed by atoms with Gasteiger partial charge in [-0.3, -0.25) is 9.69 Å². The summed E-state index contributed by atoms with van der Waals surface area (Å²) in [5, 5.41) is 13.6. The topological polar surface area (TPSA) is 55.8 Å². The number of amides is 1. The largest absolute Gasteiger partial charge is 0.394 e. The number of aliphatic hydroxyl groups is 1. The number of anilines is 1. The molecule has 2 aliphatic rings. The van der Waals surface area contributed by atoms with E-state index in [0.717, 1.165) is 35.3 Å². The van der Waals surface area contributed by atoms with Crippen molar-refractivity contribution in [1.29, 1.82) is 0 Å². The molecule has 0 unspecified atom stereocenters. The minimum absolute atomic E-state index is 0.0285. The summed E-state index contributed by atoms with van der Waals surface area (Å²) >= 11 is 0. The third kappa shape index (κ3) is 4.08. The zero-order valence-corrected chi connectivity index (χ0v) is 19.5. The van der Waals surface area contributed by atoms with Crippen LogP contribution in [0.15, 0.2) is 66.7 Å². The summed E-state index contributed by atoms with van der Waals surface area (Å²) in [5.41, 5.74) is 5.52. The number of hydrogen-bond acceptors (Lipinski definition) is 4. The number of likely N-dealkylation sites (tertiary alicyclic amines) is 1. The van der Waals surface area contributed by atoms with Crippen LogP contribution in [0.5, 0.6) is 0 Å². The molecular formula is C28H30FN3O2. The van der Waals surface area contributed by atoms with E-state index in [0.29, 0.717) is 17.7 Å². The molecule has 3 atom stereocenters. The molecule has 1 fully saturated rings. The molecule has 5 rings (SSSR count). The molecule has 3 aromatic rings. The van der Waals surface area contributed by atoms with Gasteiger partial charge in [-0.15, -0.1) is 0 Å². The first-order chi connectivity index (χ1) is 16.5. The summed E-state index contributed by atoms with van der Waals surface area (Å²) in [5.74, 6) is 0.0234. The predicted molar refractivity (Wildman–Crippen MR) is 132 cm³/mol. The number of nitrogens with one attached hydrogen (secondary N) is 1. The highest BCUT2D eigenvalue weighted by atomic mass is 19.1. The van der Waals surface area contributed by atoms with Crippen LogP contribution in [0.4, 0.5) is 10.1 Å². The highest BCUT2D eigenvalue weighted by molar-refractivity contribution is 5.95. The summed E-state index contributed by atoms with van der Waals surface area (Å²) in [6.45, 7) is 1.44. The zero-order valence-electron chi connectivity index (χ0n) is 19.5. The summed E-state index contributed by atoms with van der Waals surface area (Å²) in [6.07, 6.45) is 0.938. The fourth-order valence-electron chi connectivity index (χ4n) is 5.45. The molecule has 1 saturated heterocycles. The summed E-state index contributed by atoms with van der Waals surface area (Å²) in [7, 11) is 3.50. The van der Waals surface area contributed by atoms with Crippen LogP contribution in [0.25, 0.3) is 11.1 Å². The van der Waals surface area contributed by atoms with Gasteiger partial charge in [0.2, 0.25) is 0 Å². The third-order valence-electron chi connectivity index (χ3n) is 7.15. The van der Waals surface area contributed by atoms with Gasteiger partial charge in [-0.05, 0) is 60.0 Å². The van der Waals surface area contributed by atoms with Gasteiger partial charge < -0.3 is 15.3 Å². The molecule has 0 saturated carbocycles. The molecule has 0 spiro atoms. The SMILES string of the molecule is CN(C)C(=O)c1cccc(-c2ccc3c(c2)[C@@H]2[C@@H](CCN2Cc2ccccc2F)[C@H](CO)N3)c1. The van der Waals surface area contributed by atoms with Gasteiger partial charge in [-0.1, -0.05) is 36.4 Å². The predicted octanol–water partition coefficient (Wildman–Crippen LogP) is 4.54. The molecule has 0 aromatic heterocycles. The van der Waals surface area contributed by atoms with E-state index < -0.39 is 0 Å². The van der Waals surface area contributed by atoms with Crippen molar-refractivity contribution >= 4 is 11.6 Å². The Morgan fingerprint density at radius 1 is 1.09 bits per heavy atom. The highest BCUT2D eigenvalue weighted by Crippen LogP contribution is 2.48. The Hall–Kier alpha value is -3.22. The Labute approximate surface area is 199 Å². The Bertz CT molecular complexity index is 1210. The van der Waals surface area contributed by atoms with Gasteiger partial charge in [0.05, 0.1) is 12.6 Å². The van der Waals surface area contributed by atoms with E-state index in [1.54, 1.807) is 25.1 Å². The second-order valence-corrected chi connectivity index (χ2v) is 9.48. The molecule has 2 N–H and O–H groups in total. The molecule has 0 bridgehead atoms. The number of nitrogens with zero attached hydrogens (tertiary/aromatic N) is 2. The second-order valence-electron chi connectivity index (χ2n) is 9.48. The molecule has 1 amide bonds. The molecule has 0 radical (unpaired) electrons. The van der Waals surface area contributed by atoms with Crippen molar-refractivity contribution in [2.75, 3.05) is 32.6 Å². The van der Waals surface area contributed by atoms with E-state index in [2.05, 4.69) is 28.4 Å². The van der Waals surface area contributed by atoms with E-state index >= 15 is 0 Å². The normalized spacial score (nSPS) is 21.5. The quantitative estimate of drug-likeness (QED) is 0.588. The van der Waals surface area contributed by atoms with E-state index in [1.165, 1.54) is 6.07 Å². The number of halogens is 1. The number of aliphatic hydroxyl groups excluding tert-OH is 1. The lowest BCUT2D eigenvalue weighted by atomic mass is 9.82. The molecule has 176 valence electrons. The van der Waals surface area contributed by atoms with Gasteiger partial charge in [0.1, 0.15) is 5.82 Å². The molecule has 34 heavy (non-hydrogen) atoms. The lowest BCUT2D eigenvalue weighted by Crippen LogP contribution is -2.41. The zero-order chi connectivity index (χ0) is 23.8. The molecule has 0 aliphatic carbocycles. The molecule has 2 heterocycles. The maximum Gasteiger partial charge on any atom is 0.253 e. The first kappa shape index (κ1) is 22.6. The van der Waals surface area contributed by atoms with Crippen LogP contribution in [0.3, 0.4) is 0 Å². The van der Waals surface area contributed by atoms with Crippen molar-refractivity contribution in [1.82, 2.24) is 9.80 Å². The molecule has 2 aliphatic heterocycles. The number of rotatable bonds is 5. The Balaban J connectivity index is 1.53. The maximum atomic E-state index is 14.4. The van der Waals surface area contributed by atoms with Crippen LogP contribution in [0.2, 0.25) is 0 Å². The lowest BCUT2D eigenvalue weighted by Gasteiger charge is -2.39. The molecule has 5 nitrogen and oxygen atoms in total. The Morgan fingerprint density at radius 3 is 2.65 bits per heavy atom. The van der Waals surface area contributed by atoms with Crippen LogP contribution < -0.4 is 5.32 Å². The summed E-state index contributed by atoms with van der Waals surface area (Å²) < 4.78 is 14.4. The number of hydrogen-bond donors (Lipinski definition) is 2. The number of carbonyl (C=O) groups excluding carboxylic acids is 1. The van der Waals surface area contributed by atoms with Crippen molar-refractivity contribution in [3.8, 4) is 11.1 Å². The molecular weight excluding hydrogens is 429 g/mol. The van der Waals surface area contributed by atoms with Crippen molar-refractivity contribution in [3.63, 3.8) is 0 Å². The monoisotopic (exact) mass is 459 g/mol. The van der Waals surface area contributed by atoms with Gasteiger partial charge in [0, 0.05) is 49.4 Å². The summed E-state index contributed by atoms with van der Waals surface area (Å²) in [4.78, 5) is 16.4. The summed E-state index contributed by atoms with van der Waals surface area (Å²) in [6, 6.07) is 21.0. The van der Waals surface area contributed by atoms with Crippen molar-refractivity contribution in [3.05, 3.63) is 89.2 Å². The van der Waals surface area contributed by atoms with Crippen LogP contribution >= 0.6 is 0 Å². The van der Waals surface area contributed by atoms with Gasteiger partial charge in [0.15, 0.2) is 0 Å². The third-order valence-corrected chi connectivity index (χ3v) is 7.15. The van der Waals surface area contributed by atoms with Crippen molar-refractivity contribution in [2.24, 2.45) is 5.92 Å². The van der Waals surface area contributed by atoms with Gasteiger partial charge in [-0.25, -0.2) is 4.39 Å². The lowest BCUT2D eigenvalue weighted by molar-refractivity contribution is 0.0827. The van der Waals surface area contributed by atoms with Crippen LogP contribution in [0, 0.1) is 11.7 Å². The fourth-order valence-corrected chi connectivity index (χ4v) is 5.45. The standard InChI is InChI=1S/C28H30FN3O2/c1-31(2)28(34)20-8-5-7-18(14-20)19-10-11-25-23(15-19)27-22(26(17-33)30-25)12-13-32(27)16-21-6-3-4-9-24(21)29/h3-11,14-15,22,26-27,30,33H,12-13,16-17H2,1-2H3/t22-,26-,27-/m0/s1. The Kier molecular flexibility index (Phi) is 6.11. The van der Waals surface area contributed by atoms with E-state index in [9.17, 15) is 14.3 Å². The Morgan fingerprint density at radius 2 is 1.88 bits per heavy atom. The van der Waals surface area contributed by atoms with Crippen molar-refractivity contribution < 1.29 is 14.3 Å². The smallest absolute Gasteiger partial charge is 0.253 e. The first-order valence-corrected chi connectivity index (χ1v) is 11.8. The average molecular weight is 460 g/mol. The van der Waals surface area contributed by atoms with Gasteiger partial charge in [-0.2, -0.15) is 0 Å². The number of benzene rings is 3. The van der Waals surface area contributed by atoms with E-state index in [1.807, 2.05) is 36.4 Å². The fraction of sp³-hybridized carbons (Fsp3) is 0.321. The molecule has 6 heteroatoms. The minimum atomic E-state index is -0.185. The van der Waals surface area contributed by atoms with Gasteiger partial charge in [0.25, 0.3) is 5.91 Å². The average Bonchev–Trinajstić information content (AvgIpc) is 3.28. The van der Waals surface area contributed by atoms with E-state index in [-0.39, 0.29) is 36.3 Å². The van der Waals surface area contributed by atoms with Crippen molar-refractivity contribution in [2.45, 2.75) is 25.0 Å². The first-order valence-electron chi connectivity index (χ1n) is 11.8. The number of fused-ring (bicyclic) bond motifs is 3. The number of carbonyl (C=O) groups is 1. The minimum Gasteiger partial charge on any atom is -0.394 e. The van der Waals surface area contributed by atoms with E-state index in [4.69, 9.17) is 0 Å². The highest BCUT2D eigenvalue weighted by Gasteiger charge is 2.44. The maximum absolute atomic E-state index is 14.4. The van der Waals surface area contributed by atoms with Crippen LogP contribution in [-0.4, -0.2) is 54.1 Å². The molecule has 3 aromatic carbocycles. The van der Waals surface area contributed by atoms with Crippen LogP contribution in [0.1, 0.15) is 33.9 Å².